The van der Waals surface area contributed by atoms with Crippen molar-refractivity contribution in [2.45, 2.75) is 237 Å². The summed E-state index contributed by atoms with van der Waals surface area (Å²) in [5.74, 6) is -11.9. The molecule has 2 saturated heterocycles. The van der Waals surface area contributed by atoms with E-state index >= 15 is 9.59 Å². The summed E-state index contributed by atoms with van der Waals surface area (Å²) in [5.41, 5.74) is -1.43. The maximum absolute atomic E-state index is 15.3. The zero-order chi connectivity index (χ0) is 74.7. The maximum Gasteiger partial charge on any atom is 0.391 e. The number of ether oxygens (including phenoxy) is 1. The lowest BCUT2D eigenvalue weighted by Crippen LogP contribution is -2.61. The molecule has 0 spiro atoms. The summed E-state index contributed by atoms with van der Waals surface area (Å²) in [7, 11) is 9.43. The van der Waals surface area contributed by atoms with Crippen molar-refractivity contribution in [1.29, 1.82) is 0 Å². The molecule has 26 nitrogen and oxygen atoms in total. The maximum atomic E-state index is 15.3. The average molecular weight is 1430 g/mol. The van der Waals surface area contributed by atoms with Crippen LogP contribution in [0.15, 0.2) is 0 Å². The highest BCUT2D eigenvalue weighted by Gasteiger charge is 2.45. The molecule has 12 amide bonds. The summed E-state index contributed by atoms with van der Waals surface area (Å²) in [5, 5.41) is 21.7. The minimum Gasteiger partial charge on any atom is -0.388 e. The number of amides is 12. The molecule has 2 heterocycles. The van der Waals surface area contributed by atoms with Crippen molar-refractivity contribution in [1.82, 2.24) is 60.5 Å². The van der Waals surface area contributed by atoms with Crippen molar-refractivity contribution in [2.75, 3.05) is 95.3 Å². The van der Waals surface area contributed by atoms with Crippen LogP contribution < -0.4 is 21.3 Å². The number of carbonyl (C=O) groups is 12. The molecule has 564 valence electrons. The van der Waals surface area contributed by atoms with Gasteiger partial charge in [0.25, 0.3) is 0 Å². The predicted octanol–water partition coefficient (Wildman–Crippen LogP) is 3.92. The highest BCUT2D eigenvalue weighted by atomic mass is 35.5. The van der Waals surface area contributed by atoms with Crippen molar-refractivity contribution >= 4 is 82.5 Å². The summed E-state index contributed by atoms with van der Waals surface area (Å²) in [6.45, 7) is 13.0. The SMILES string of the molecule is CC[C@H](C)[C@@H]1NC(=O)[C@H](C)N(C)C(=O)C[C@@H](C(=O)N2CCCC2)NC(=O)[C@H](CC(C)C)N(C)C(=O)[C@H](COCC(C)(C)O)N(C)C(=O)[C@H](CC(C)C)NC(=O)[C@H](CCC2CCC(C(F)(F)F)CC2)NC(=O)CN(C)C(=O)[C@H](CC2CCC(Cl)CC2)N(C)C(=O)CN(C)C(=O)CN(C)C1=O. The van der Waals surface area contributed by atoms with Crippen LogP contribution in [-0.2, 0) is 62.3 Å². The predicted molar refractivity (Wildman–Crippen MR) is 365 cm³/mol. The molecule has 0 radical (unpaired) electrons. The van der Waals surface area contributed by atoms with Crippen LogP contribution in [-0.4, -0.2) is 276 Å². The van der Waals surface area contributed by atoms with Crippen LogP contribution in [0.5, 0.6) is 0 Å². The summed E-state index contributed by atoms with van der Waals surface area (Å²) < 4.78 is 47.4. The van der Waals surface area contributed by atoms with E-state index in [-0.39, 0.29) is 93.4 Å². The lowest BCUT2D eigenvalue weighted by atomic mass is 9.79. The summed E-state index contributed by atoms with van der Waals surface area (Å²) in [6.07, 6.45) is -0.483. The highest BCUT2D eigenvalue weighted by Crippen LogP contribution is 2.41. The van der Waals surface area contributed by atoms with E-state index in [0.29, 0.717) is 58.0 Å². The third-order valence-corrected chi connectivity index (χ3v) is 20.6. The Morgan fingerprint density at radius 2 is 1.14 bits per heavy atom. The molecule has 2 aliphatic carbocycles. The Balaban J connectivity index is 1.88. The standard InChI is InChI=1S/C69H116ClF3N12O14/c1-17-43(6)59-67(97)80(12)37-57(88)78(10)38-58(89)82(14)53(34-46-22-27-48(70)28-23-46)65(95)79(11)36-55(86)74-49(29-24-45-20-25-47(26-21-45)69(71,72)73)61(91)75-50(32-41(2)3)63(93)84(16)54(39-99-40-68(8,9)98)66(96)83(15)52(33-42(4)5)62(92)76-51(64(94)85-30-18-19-31-85)35-56(87)81(13)44(7)60(90)77-59/h41-54,59,98H,17-40H2,1-16H3,(H,74,86)(H,75,91)(H,76,92)(H,77,90)/t43-,44-,45?,46?,47?,48?,49-,50-,51-,52-,53-,54-,59-/m0/s1. The number of hydrogen-bond acceptors (Lipinski definition) is 14. The molecule has 2 aliphatic heterocycles. The number of likely N-dealkylation sites (tertiary alicyclic amines) is 1. The van der Waals surface area contributed by atoms with Crippen LogP contribution in [0.4, 0.5) is 13.2 Å². The van der Waals surface area contributed by atoms with Gasteiger partial charge in [-0.05, 0) is 147 Å². The van der Waals surface area contributed by atoms with Gasteiger partial charge >= 0.3 is 6.18 Å². The minimum absolute atomic E-state index is 0.00518. The number of nitrogens with zero attached hydrogens (tertiary/aromatic N) is 8. The fourth-order valence-electron chi connectivity index (χ4n) is 13.3. The van der Waals surface area contributed by atoms with Gasteiger partial charge in [-0.2, -0.15) is 13.2 Å². The Labute approximate surface area is 588 Å². The third-order valence-electron chi connectivity index (χ3n) is 20.1. The van der Waals surface area contributed by atoms with E-state index in [1.165, 1.54) is 79.9 Å². The Morgan fingerprint density at radius 3 is 1.70 bits per heavy atom. The van der Waals surface area contributed by atoms with E-state index in [1.807, 2.05) is 0 Å². The van der Waals surface area contributed by atoms with Crippen molar-refractivity contribution in [3.05, 3.63) is 0 Å². The minimum atomic E-state index is -4.39. The van der Waals surface area contributed by atoms with Crippen molar-refractivity contribution < 1.29 is 80.5 Å². The molecule has 4 rings (SSSR count). The number of aliphatic hydroxyl groups is 1. The van der Waals surface area contributed by atoms with Crippen LogP contribution >= 0.6 is 11.6 Å². The largest absolute Gasteiger partial charge is 0.391 e. The first-order chi connectivity index (χ1) is 46.1. The second-order valence-electron chi connectivity index (χ2n) is 29.9. The number of rotatable bonds is 16. The molecule has 4 fully saturated rings. The van der Waals surface area contributed by atoms with Crippen LogP contribution in [0, 0.1) is 35.5 Å². The first-order valence-electron chi connectivity index (χ1n) is 35.4. The lowest BCUT2D eigenvalue weighted by molar-refractivity contribution is -0.184. The van der Waals surface area contributed by atoms with Crippen molar-refractivity contribution in [3.63, 3.8) is 0 Å². The van der Waals surface area contributed by atoms with E-state index in [2.05, 4.69) is 21.3 Å². The molecule has 99 heavy (non-hydrogen) atoms. The zero-order valence-electron chi connectivity index (χ0n) is 61.5. The second-order valence-corrected chi connectivity index (χ2v) is 30.5. The van der Waals surface area contributed by atoms with E-state index in [1.54, 1.807) is 41.5 Å². The fourth-order valence-corrected chi connectivity index (χ4v) is 13.5. The summed E-state index contributed by atoms with van der Waals surface area (Å²) >= 11 is 6.49. The molecule has 30 heteroatoms. The number of nitrogens with one attached hydrogen (secondary N) is 4. The van der Waals surface area contributed by atoms with E-state index in [0.717, 1.165) is 29.4 Å². The molecule has 0 bridgehead atoms. The molecule has 9 atom stereocenters. The molecule has 5 N–H and O–H groups in total. The van der Waals surface area contributed by atoms with E-state index in [4.69, 9.17) is 16.3 Å². The number of halogens is 4. The molecular formula is C69H116ClF3N12O14. The van der Waals surface area contributed by atoms with Gasteiger partial charge in [0.1, 0.15) is 48.3 Å². The van der Waals surface area contributed by atoms with E-state index in [9.17, 15) is 66.2 Å². The molecule has 0 aromatic heterocycles. The fraction of sp³-hybridized carbons (Fsp3) is 0.826. The third kappa shape index (κ3) is 25.9. The molecule has 0 aromatic rings. The van der Waals surface area contributed by atoms with Gasteiger partial charge in [-0.25, -0.2) is 0 Å². The van der Waals surface area contributed by atoms with Crippen LogP contribution in [0.3, 0.4) is 0 Å². The van der Waals surface area contributed by atoms with Crippen LogP contribution in [0.2, 0.25) is 0 Å². The summed E-state index contributed by atoms with van der Waals surface area (Å²) in [6, 6.07) is -11.0. The Kier molecular flexibility index (Phi) is 33.2. The van der Waals surface area contributed by atoms with Gasteiger partial charge in [0.05, 0.1) is 50.8 Å². The van der Waals surface area contributed by atoms with Crippen LogP contribution in [0.1, 0.15) is 171 Å². The van der Waals surface area contributed by atoms with Gasteiger partial charge in [0.15, 0.2) is 0 Å². The number of alkyl halides is 4. The highest BCUT2D eigenvalue weighted by molar-refractivity contribution is 6.20. The number of likely N-dealkylation sites (N-methyl/N-ethyl adjacent to an activating group) is 7. The second kappa shape index (κ2) is 38.6. The smallest absolute Gasteiger partial charge is 0.388 e. The quantitative estimate of drug-likeness (QED) is 0.137. The summed E-state index contributed by atoms with van der Waals surface area (Å²) in [4.78, 5) is 185. The molecule has 0 aromatic carbocycles. The van der Waals surface area contributed by atoms with Gasteiger partial charge in [0, 0.05) is 67.8 Å². The number of carbonyl (C=O) groups excluding carboxylic acids is 12. The Morgan fingerprint density at radius 1 is 0.586 bits per heavy atom. The van der Waals surface area contributed by atoms with Crippen LogP contribution in [0.25, 0.3) is 0 Å². The van der Waals surface area contributed by atoms with Crippen molar-refractivity contribution in [3.8, 4) is 0 Å². The van der Waals surface area contributed by atoms with Gasteiger partial charge in [-0.3, -0.25) is 57.5 Å². The molecule has 2 saturated carbocycles. The average Bonchev–Trinajstić information content (AvgIpc) is 0.996. The van der Waals surface area contributed by atoms with Crippen molar-refractivity contribution in [2.24, 2.45) is 35.5 Å². The monoisotopic (exact) mass is 1430 g/mol. The van der Waals surface area contributed by atoms with Gasteiger partial charge in [-0.1, -0.05) is 48.0 Å². The normalized spacial score (nSPS) is 28.7. The first kappa shape index (κ1) is 85.1. The Bertz CT molecular complexity index is 2770. The molecule has 4 aliphatic rings. The lowest BCUT2D eigenvalue weighted by Gasteiger charge is -2.37. The topological polar surface area (TPSA) is 308 Å². The van der Waals surface area contributed by atoms with E-state index < -0.39 is 175 Å². The van der Waals surface area contributed by atoms with Gasteiger partial charge in [0.2, 0.25) is 70.9 Å². The Hall–Kier alpha value is -6.36. The first-order valence-corrected chi connectivity index (χ1v) is 35.8. The molecule has 0 unspecified atom stereocenters. The molecular weight excluding hydrogens is 1310 g/mol. The van der Waals surface area contributed by atoms with Gasteiger partial charge in [-0.15, -0.1) is 11.6 Å². The zero-order valence-corrected chi connectivity index (χ0v) is 62.2. The number of hydrogen-bond donors (Lipinski definition) is 5. The van der Waals surface area contributed by atoms with Gasteiger partial charge < -0.3 is 70.3 Å².